The minimum atomic E-state index is -1.69. The van der Waals surface area contributed by atoms with Crippen LogP contribution in [0.25, 0.3) is 0 Å². The first-order valence-electron chi connectivity index (χ1n) is 9.02. The molecule has 2 aromatic rings. The van der Waals surface area contributed by atoms with Gasteiger partial charge in [0.05, 0.1) is 5.56 Å². The molecule has 0 saturated carbocycles. The smallest absolute Gasteiger partial charge is 0.335 e. The van der Waals surface area contributed by atoms with Crippen molar-refractivity contribution in [2.75, 3.05) is 26.3 Å². The summed E-state index contributed by atoms with van der Waals surface area (Å²) >= 11 is 0. The fraction of sp³-hybridized carbons (Fsp3) is 0.238. The van der Waals surface area contributed by atoms with Crippen LogP contribution >= 0.6 is 0 Å². The van der Waals surface area contributed by atoms with Crippen LogP contribution in [0.1, 0.15) is 15.9 Å². The molecule has 1 radical (unpaired) electrons. The van der Waals surface area contributed by atoms with Crippen LogP contribution in [-0.4, -0.2) is 57.2 Å². The molecule has 1 amide bonds. The third-order valence-electron chi connectivity index (χ3n) is 4.23. The van der Waals surface area contributed by atoms with E-state index in [4.69, 9.17) is 9.53 Å². The first-order chi connectivity index (χ1) is 13.8. The zero-order valence-electron chi connectivity index (χ0n) is 16.4. The molecule has 153 valence electrons. The number of nitrogens with one attached hydrogen (secondary N) is 1. The van der Waals surface area contributed by atoms with E-state index in [-0.39, 0.29) is 17.3 Å². The Bertz CT molecular complexity index is 873. The normalized spacial score (nSPS) is 10.8. The minimum absolute atomic E-state index is 0.169. The second kappa shape index (κ2) is 10.5. The number of halogens is 1. The molecule has 2 N–H and O–H groups in total. The Labute approximate surface area is 171 Å². The van der Waals surface area contributed by atoms with Crippen LogP contribution in [0.3, 0.4) is 0 Å². The third kappa shape index (κ3) is 6.85. The van der Waals surface area contributed by atoms with Crippen LogP contribution in [0.4, 0.5) is 4.39 Å². The fourth-order valence-corrected chi connectivity index (χ4v) is 4.51. The van der Waals surface area contributed by atoms with Gasteiger partial charge in [0.15, 0.2) is 0 Å². The molecule has 0 aliphatic heterocycles. The maximum Gasteiger partial charge on any atom is 0.335 e. The number of hydrogen-bond acceptors (Lipinski definition) is 4. The topological polar surface area (TPSA) is 78.9 Å². The first kappa shape index (κ1) is 22.3. The highest BCUT2D eigenvalue weighted by Crippen LogP contribution is 2.14. The molecule has 0 fully saturated rings. The number of aromatic carboxylic acids is 1. The molecule has 0 unspecified atom stereocenters. The molecule has 8 heteroatoms. The van der Waals surface area contributed by atoms with Crippen molar-refractivity contribution < 1.29 is 23.5 Å². The summed E-state index contributed by atoms with van der Waals surface area (Å²) in [5.74, 6) is -1.02. The highest BCUT2D eigenvalue weighted by atomic mass is 28.3. The number of aryl methyl sites for hydroxylation is 1. The molecule has 2 aromatic carbocycles. The zero-order valence-corrected chi connectivity index (χ0v) is 17.4. The molecule has 0 aliphatic rings. The number of nitrogens with zero attached hydrogens (tertiary/aromatic N) is 1. The lowest BCUT2D eigenvalue weighted by atomic mass is 10.2. The molecule has 0 atom stereocenters. The second-order valence-electron chi connectivity index (χ2n) is 6.55. The summed E-state index contributed by atoms with van der Waals surface area (Å²) in [6.45, 7) is 6.15. The lowest BCUT2D eigenvalue weighted by molar-refractivity contribution is -0.116. The Hall–Kier alpha value is -2.97. The van der Waals surface area contributed by atoms with E-state index >= 15 is 0 Å². The van der Waals surface area contributed by atoms with Crippen LogP contribution < -0.4 is 14.9 Å². The summed E-state index contributed by atoms with van der Waals surface area (Å²) in [7, 11) is 0.200. The van der Waals surface area contributed by atoms with Gasteiger partial charge in [-0.2, -0.15) is 0 Å². The van der Waals surface area contributed by atoms with Crippen molar-refractivity contribution in [1.82, 2.24) is 10.2 Å². The van der Waals surface area contributed by atoms with Gasteiger partial charge in [0.2, 0.25) is 5.91 Å². The monoisotopic (exact) mass is 415 g/mol. The molecule has 6 nitrogen and oxygen atoms in total. The Morgan fingerprint density at radius 3 is 2.55 bits per heavy atom. The summed E-state index contributed by atoms with van der Waals surface area (Å²) in [5, 5.41) is 12.5. The summed E-state index contributed by atoms with van der Waals surface area (Å²) in [5.41, 5.74) is 0.726. The van der Waals surface area contributed by atoms with Gasteiger partial charge < -0.3 is 19.7 Å². The lowest BCUT2D eigenvalue weighted by Gasteiger charge is -2.23. The van der Waals surface area contributed by atoms with Crippen LogP contribution in [0.5, 0.6) is 5.75 Å². The second-order valence-corrected chi connectivity index (χ2v) is 8.50. The lowest BCUT2D eigenvalue weighted by Crippen LogP contribution is -2.48. The van der Waals surface area contributed by atoms with Crippen LogP contribution in [0, 0.1) is 12.7 Å². The largest absolute Gasteiger partial charge is 0.536 e. The standard InChI is InChI=1S/C21H24FN2O4Si/c1-4-20(25)23-11-12-24(3)14-29(18-10-5-15(2)19(22)13-18)28-17-8-6-16(7-9-17)21(26)27/h4-10,13H,1,11-12,14H2,2-3H3,(H,23,25)(H,26,27). The quantitative estimate of drug-likeness (QED) is 0.458. The maximum atomic E-state index is 14.1. The summed E-state index contributed by atoms with van der Waals surface area (Å²) in [6, 6.07) is 11.2. The van der Waals surface area contributed by atoms with E-state index in [0.29, 0.717) is 30.6 Å². The molecular weight excluding hydrogens is 391 g/mol. The number of hydrogen-bond donors (Lipinski definition) is 2. The average Bonchev–Trinajstić information content (AvgIpc) is 2.69. The van der Waals surface area contributed by atoms with Gasteiger partial charge in [-0.25, -0.2) is 9.18 Å². The number of benzene rings is 2. The highest BCUT2D eigenvalue weighted by molar-refractivity contribution is 6.68. The summed E-state index contributed by atoms with van der Waals surface area (Å²) < 4.78 is 20.3. The number of carboxylic acids is 1. The molecule has 29 heavy (non-hydrogen) atoms. The van der Waals surface area contributed by atoms with E-state index in [1.807, 2.05) is 18.0 Å². The number of likely N-dealkylation sites (N-methyl/N-ethyl adjacent to an activating group) is 1. The minimum Gasteiger partial charge on any atom is -0.536 e. The number of carbonyl (C=O) groups is 2. The molecular formula is C21H24FN2O4Si. The number of carboxylic acid groups (broad SMARTS) is 1. The molecule has 0 bridgehead atoms. The predicted octanol–water partition coefficient (Wildman–Crippen LogP) is 1.88. The van der Waals surface area contributed by atoms with E-state index in [2.05, 4.69) is 11.9 Å². The third-order valence-corrected chi connectivity index (χ3v) is 6.49. The van der Waals surface area contributed by atoms with E-state index in [1.54, 1.807) is 25.1 Å². The predicted molar refractivity (Wildman–Crippen MR) is 111 cm³/mol. The molecule has 0 spiro atoms. The molecule has 0 saturated heterocycles. The van der Waals surface area contributed by atoms with Crippen molar-refractivity contribution in [1.29, 1.82) is 0 Å². The van der Waals surface area contributed by atoms with Crippen molar-refractivity contribution in [2.24, 2.45) is 0 Å². The average molecular weight is 416 g/mol. The number of amides is 1. The Kier molecular flexibility index (Phi) is 8.11. The fourth-order valence-electron chi connectivity index (χ4n) is 2.52. The Balaban J connectivity index is 2.14. The van der Waals surface area contributed by atoms with Gasteiger partial charge in [0.25, 0.3) is 0 Å². The van der Waals surface area contributed by atoms with Gasteiger partial charge in [0.1, 0.15) is 11.6 Å². The summed E-state index contributed by atoms with van der Waals surface area (Å²) in [6.07, 6.45) is 1.76. The number of rotatable bonds is 10. The van der Waals surface area contributed by atoms with E-state index < -0.39 is 15.0 Å². The van der Waals surface area contributed by atoms with Crippen molar-refractivity contribution in [3.63, 3.8) is 0 Å². The molecule has 0 aromatic heterocycles. The zero-order chi connectivity index (χ0) is 21.4. The van der Waals surface area contributed by atoms with Crippen LogP contribution in [0.15, 0.2) is 55.1 Å². The van der Waals surface area contributed by atoms with Gasteiger partial charge >= 0.3 is 15.0 Å². The van der Waals surface area contributed by atoms with Gasteiger partial charge in [-0.3, -0.25) is 4.79 Å². The van der Waals surface area contributed by atoms with Gasteiger partial charge in [-0.05, 0) is 61.1 Å². The maximum absolute atomic E-state index is 14.1. The number of carbonyl (C=O) groups excluding carboxylic acids is 1. The van der Waals surface area contributed by atoms with Crippen LogP contribution in [0.2, 0.25) is 0 Å². The van der Waals surface area contributed by atoms with E-state index in [9.17, 15) is 14.0 Å². The van der Waals surface area contributed by atoms with Gasteiger partial charge in [-0.15, -0.1) is 0 Å². The highest BCUT2D eigenvalue weighted by Gasteiger charge is 2.22. The van der Waals surface area contributed by atoms with Gasteiger partial charge in [0, 0.05) is 19.3 Å². The molecule has 2 rings (SSSR count). The van der Waals surface area contributed by atoms with E-state index in [0.717, 1.165) is 5.19 Å². The SMILES string of the molecule is C=CC(=O)NCCN(C)C[Si](Oc1ccc(C(=O)O)cc1)c1ccc(C)c(F)c1. The molecule has 0 aliphatic carbocycles. The van der Waals surface area contributed by atoms with Crippen molar-refractivity contribution in [2.45, 2.75) is 6.92 Å². The summed E-state index contributed by atoms with van der Waals surface area (Å²) in [4.78, 5) is 24.3. The Morgan fingerprint density at radius 2 is 1.97 bits per heavy atom. The van der Waals surface area contributed by atoms with Crippen molar-refractivity contribution in [3.8, 4) is 5.75 Å². The van der Waals surface area contributed by atoms with Gasteiger partial charge in [-0.1, -0.05) is 18.7 Å². The Morgan fingerprint density at radius 1 is 1.28 bits per heavy atom. The van der Waals surface area contributed by atoms with Crippen molar-refractivity contribution in [3.05, 3.63) is 72.1 Å². The van der Waals surface area contributed by atoms with Crippen LogP contribution in [-0.2, 0) is 4.79 Å². The van der Waals surface area contributed by atoms with Crippen molar-refractivity contribution >= 4 is 26.1 Å². The molecule has 0 heterocycles. The first-order valence-corrected chi connectivity index (χ1v) is 10.6. The van der Waals surface area contributed by atoms with E-state index in [1.165, 1.54) is 24.3 Å².